The van der Waals surface area contributed by atoms with Crippen LogP contribution in [0.5, 0.6) is 5.75 Å². The van der Waals surface area contributed by atoms with Crippen molar-refractivity contribution in [3.8, 4) is 5.75 Å². The van der Waals surface area contributed by atoms with Gasteiger partial charge in [-0.05, 0) is 49.7 Å². The second-order valence-electron chi connectivity index (χ2n) is 4.78. The third kappa shape index (κ3) is 3.75. The number of para-hydroxylation sites is 1. The topological polar surface area (TPSA) is 64.3 Å². The minimum absolute atomic E-state index is 0.131. The van der Waals surface area contributed by atoms with Crippen LogP contribution in [-0.2, 0) is 0 Å². The van der Waals surface area contributed by atoms with E-state index >= 15 is 0 Å². The molecule has 1 atom stereocenters. The van der Waals surface area contributed by atoms with Crippen molar-refractivity contribution in [2.45, 2.75) is 19.9 Å². The summed E-state index contributed by atoms with van der Waals surface area (Å²) in [6.07, 6.45) is 0. The first kappa shape index (κ1) is 14.9. The van der Waals surface area contributed by atoms with Crippen LogP contribution in [0, 0.1) is 0 Å². The highest BCUT2D eigenvalue weighted by Gasteiger charge is 2.13. The van der Waals surface area contributed by atoms with Gasteiger partial charge < -0.3 is 15.8 Å². The number of ether oxygens (including phenoxy) is 1. The molecule has 0 radical (unpaired) electrons. The molecule has 2 aromatic carbocycles. The molecule has 0 heterocycles. The maximum absolute atomic E-state index is 12.2. The van der Waals surface area contributed by atoms with Gasteiger partial charge in [0.05, 0.1) is 12.6 Å². The number of hydrogen-bond acceptors (Lipinski definition) is 3. The van der Waals surface area contributed by atoms with E-state index in [1.54, 1.807) is 24.3 Å². The fraction of sp³-hybridized carbons (Fsp3) is 0.235. The van der Waals surface area contributed by atoms with E-state index in [2.05, 4.69) is 5.32 Å². The standard InChI is InChI=1S/C17H20N2O2/c1-3-21-14-10-8-13(9-11-14)17(20)19-12(2)15-6-4-5-7-16(15)18/h4-12H,3,18H2,1-2H3,(H,19,20). The maximum atomic E-state index is 12.2. The average molecular weight is 284 g/mol. The molecular weight excluding hydrogens is 264 g/mol. The molecule has 2 aromatic rings. The van der Waals surface area contributed by atoms with Gasteiger partial charge >= 0.3 is 0 Å². The molecule has 0 spiro atoms. The third-order valence-corrected chi connectivity index (χ3v) is 3.24. The van der Waals surface area contributed by atoms with Crippen LogP contribution < -0.4 is 15.8 Å². The van der Waals surface area contributed by atoms with Gasteiger partial charge in [0, 0.05) is 11.3 Å². The first-order valence-electron chi connectivity index (χ1n) is 7.00. The fourth-order valence-corrected chi connectivity index (χ4v) is 2.13. The summed E-state index contributed by atoms with van der Waals surface area (Å²) in [6.45, 7) is 4.45. The molecule has 21 heavy (non-hydrogen) atoms. The summed E-state index contributed by atoms with van der Waals surface area (Å²) in [5, 5.41) is 2.95. The van der Waals surface area contributed by atoms with Gasteiger partial charge in [-0.25, -0.2) is 0 Å². The predicted octanol–water partition coefficient (Wildman–Crippen LogP) is 3.16. The van der Waals surface area contributed by atoms with Gasteiger partial charge in [-0.1, -0.05) is 18.2 Å². The lowest BCUT2D eigenvalue weighted by Crippen LogP contribution is -2.27. The summed E-state index contributed by atoms with van der Waals surface area (Å²) in [6, 6.07) is 14.5. The Kier molecular flexibility index (Phi) is 4.82. The molecule has 0 bridgehead atoms. The first-order valence-corrected chi connectivity index (χ1v) is 7.00. The monoisotopic (exact) mass is 284 g/mol. The molecule has 0 saturated carbocycles. The number of nitrogen functional groups attached to an aromatic ring is 1. The first-order chi connectivity index (χ1) is 10.1. The summed E-state index contributed by atoms with van der Waals surface area (Å²) in [7, 11) is 0. The Morgan fingerprint density at radius 3 is 2.48 bits per heavy atom. The molecule has 4 heteroatoms. The SMILES string of the molecule is CCOc1ccc(C(=O)NC(C)c2ccccc2N)cc1. The van der Waals surface area contributed by atoms with Crippen molar-refractivity contribution in [3.63, 3.8) is 0 Å². The van der Waals surface area contributed by atoms with Crippen molar-refractivity contribution in [1.82, 2.24) is 5.32 Å². The third-order valence-electron chi connectivity index (χ3n) is 3.24. The molecule has 4 nitrogen and oxygen atoms in total. The number of carbonyl (C=O) groups is 1. The van der Waals surface area contributed by atoms with Crippen LogP contribution >= 0.6 is 0 Å². The largest absolute Gasteiger partial charge is 0.494 e. The molecule has 0 aromatic heterocycles. The zero-order valence-electron chi connectivity index (χ0n) is 12.3. The van der Waals surface area contributed by atoms with Crippen LogP contribution in [0.15, 0.2) is 48.5 Å². The van der Waals surface area contributed by atoms with E-state index in [9.17, 15) is 4.79 Å². The van der Waals surface area contributed by atoms with E-state index in [0.29, 0.717) is 17.9 Å². The van der Waals surface area contributed by atoms with E-state index < -0.39 is 0 Å². The van der Waals surface area contributed by atoms with Crippen molar-refractivity contribution in [3.05, 3.63) is 59.7 Å². The van der Waals surface area contributed by atoms with Crippen LogP contribution in [0.25, 0.3) is 0 Å². The van der Waals surface area contributed by atoms with Gasteiger partial charge in [-0.3, -0.25) is 4.79 Å². The predicted molar refractivity (Wildman–Crippen MR) is 84.3 cm³/mol. The Bertz CT molecular complexity index is 608. The number of nitrogens with one attached hydrogen (secondary N) is 1. The Labute approximate surface area is 124 Å². The van der Waals surface area contributed by atoms with Crippen molar-refractivity contribution in [1.29, 1.82) is 0 Å². The molecule has 1 amide bonds. The molecule has 0 fully saturated rings. The van der Waals surface area contributed by atoms with Gasteiger partial charge in [0.15, 0.2) is 0 Å². The van der Waals surface area contributed by atoms with E-state index in [1.165, 1.54) is 0 Å². The number of benzene rings is 2. The van der Waals surface area contributed by atoms with Crippen LogP contribution in [0.2, 0.25) is 0 Å². The quantitative estimate of drug-likeness (QED) is 0.829. The lowest BCUT2D eigenvalue weighted by Gasteiger charge is -2.16. The number of rotatable bonds is 5. The summed E-state index contributed by atoms with van der Waals surface area (Å²) < 4.78 is 5.36. The van der Waals surface area contributed by atoms with Crippen LogP contribution in [0.4, 0.5) is 5.69 Å². The fourth-order valence-electron chi connectivity index (χ4n) is 2.13. The summed E-state index contributed by atoms with van der Waals surface area (Å²) in [4.78, 5) is 12.2. The zero-order valence-corrected chi connectivity index (χ0v) is 12.3. The molecule has 2 rings (SSSR count). The normalized spacial score (nSPS) is 11.7. The highest BCUT2D eigenvalue weighted by Crippen LogP contribution is 2.20. The highest BCUT2D eigenvalue weighted by atomic mass is 16.5. The lowest BCUT2D eigenvalue weighted by atomic mass is 10.1. The van der Waals surface area contributed by atoms with Crippen LogP contribution in [0.1, 0.15) is 35.8 Å². The van der Waals surface area contributed by atoms with E-state index in [0.717, 1.165) is 11.3 Å². The minimum atomic E-state index is -0.148. The number of anilines is 1. The molecule has 1 unspecified atom stereocenters. The number of hydrogen-bond donors (Lipinski definition) is 2. The number of nitrogens with two attached hydrogens (primary N) is 1. The van der Waals surface area contributed by atoms with Gasteiger partial charge in [0.25, 0.3) is 5.91 Å². The van der Waals surface area contributed by atoms with Crippen molar-refractivity contribution in [2.24, 2.45) is 0 Å². The van der Waals surface area contributed by atoms with Gasteiger partial charge in [-0.2, -0.15) is 0 Å². The minimum Gasteiger partial charge on any atom is -0.494 e. The van der Waals surface area contributed by atoms with Crippen LogP contribution in [-0.4, -0.2) is 12.5 Å². The van der Waals surface area contributed by atoms with E-state index in [1.807, 2.05) is 38.1 Å². The Morgan fingerprint density at radius 2 is 1.86 bits per heavy atom. The highest BCUT2D eigenvalue weighted by molar-refractivity contribution is 5.94. The summed E-state index contributed by atoms with van der Waals surface area (Å²) in [5.74, 6) is 0.628. The van der Waals surface area contributed by atoms with Gasteiger partial charge in [-0.15, -0.1) is 0 Å². The van der Waals surface area contributed by atoms with Crippen molar-refractivity contribution >= 4 is 11.6 Å². The van der Waals surface area contributed by atoms with E-state index in [4.69, 9.17) is 10.5 Å². The van der Waals surface area contributed by atoms with Crippen molar-refractivity contribution in [2.75, 3.05) is 12.3 Å². The maximum Gasteiger partial charge on any atom is 0.251 e. The Balaban J connectivity index is 2.05. The Morgan fingerprint density at radius 1 is 1.19 bits per heavy atom. The zero-order chi connectivity index (χ0) is 15.2. The molecule has 3 N–H and O–H groups in total. The van der Waals surface area contributed by atoms with E-state index in [-0.39, 0.29) is 11.9 Å². The van der Waals surface area contributed by atoms with Gasteiger partial charge in [0.1, 0.15) is 5.75 Å². The summed E-state index contributed by atoms with van der Waals surface area (Å²) in [5.41, 5.74) is 8.11. The second kappa shape index (κ2) is 6.79. The van der Waals surface area contributed by atoms with Gasteiger partial charge in [0.2, 0.25) is 0 Å². The molecule has 0 aliphatic carbocycles. The molecule has 0 saturated heterocycles. The molecule has 0 aliphatic rings. The molecule has 0 aliphatic heterocycles. The average Bonchev–Trinajstić information content (AvgIpc) is 2.48. The summed E-state index contributed by atoms with van der Waals surface area (Å²) >= 11 is 0. The number of carbonyl (C=O) groups excluding carboxylic acids is 1. The van der Waals surface area contributed by atoms with Crippen LogP contribution in [0.3, 0.4) is 0 Å². The van der Waals surface area contributed by atoms with Crippen molar-refractivity contribution < 1.29 is 9.53 Å². The number of amides is 1. The lowest BCUT2D eigenvalue weighted by molar-refractivity contribution is 0.0940. The second-order valence-corrected chi connectivity index (χ2v) is 4.78. The Hall–Kier alpha value is -2.49. The molecule has 110 valence electrons. The molecular formula is C17H20N2O2. The smallest absolute Gasteiger partial charge is 0.251 e.